The normalized spacial score (nSPS) is 12.5. The van der Waals surface area contributed by atoms with Crippen molar-refractivity contribution in [2.75, 3.05) is 6.26 Å². The Hall–Kier alpha value is -3.38. The molecule has 0 radical (unpaired) electrons. The van der Waals surface area contributed by atoms with Gasteiger partial charge in [-0.1, -0.05) is 36.4 Å². The summed E-state index contributed by atoms with van der Waals surface area (Å²) in [5, 5.41) is 8.46. The first-order chi connectivity index (χ1) is 13.5. The van der Waals surface area contributed by atoms with Gasteiger partial charge >= 0.3 is 0 Å². The fourth-order valence-electron chi connectivity index (χ4n) is 2.89. The lowest BCUT2D eigenvalue weighted by Gasteiger charge is -1.98. The Morgan fingerprint density at radius 3 is 2.39 bits per heavy atom. The Balaban J connectivity index is 1.45. The molecular formula is C22H19N3O2S. The molecule has 0 atom stereocenters. The highest BCUT2D eigenvalue weighted by Crippen LogP contribution is 2.17. The van der Waals surface area contributed by atoms with Gasteiger partial charge < -0.3 is 4.98 Å². The highest BCUT2D eigenvalue weighted by molar-refractivity contribution is 7.90. The van der Waals surface area contributed by atoms with Gasteiger partial charge in [0.25, 0.3) is 0 Å². The number of nitrogens with one attached hydrogen (secondary N) is 2. The van der Waals surface area contributed by atoms with Gasteiger partial charge in [-0.2, -0.15) is 5.10 Å². The highest BCUT2D eigenvalue weighted by Gasteiger charge is 2.05. The molecule has 0 aliphatic carbocycles. The number of benzene rings is 2. The van der Waals surface area contributed by atoms with Crippen LogP contribution in [0.4, 0.5) is 0 Å². The predicted molar refractivity (Wildman–Crippen MR) is 114 cm³/mol. The fourth-order valence-corrected chi connectivity index (χ4v) is 3.52. The van der Waals surface area contributed by atoms with Crippen LogP contribution in [-0.4, -0.2) is 29.9 Å². The quantitative estimate of drug-likeness (QED) is 0.522. The number of sulfone groups is 1. The molecule has 2 heterocycles. The second-order valence-corrected chi connectivity index (χ2v) is 8.60. The van der Waals surface area contributed by atoms with Crippen molar-refractivity contribution in [3.63, 3.8) is 0 Å². The van der Waals surface area contributed by atoms with Crippen LogP contribution >= 0.6 is 0 Å². The van der Waals surface area contributed by atoms with E-state index in [9.17, 15) is 8.42 Å². The summed E-state index contributed by atoms with van der Waals surface area (Å²) in [5.74, 6) is 0. The molecule has 0 aliphatic heterocycles. The predicted octanol–water partition coefficient (Wildman–Crippen LogP) is 4.64. The lowest BCUT2D eigenvalue weighted by atomic mass is 10.1. The summed E-state index contributed by atoms with van der Waals surface area (Å²) in [6.07, 6.45) is 10.9. The summed E-state index contributed by atoms with van der Waals surface area (Å²) < 4.78 is 23.0. The zero-order valence-electron chi connectivity index (χ0n) is 15.3. The number of fused-ring (bicyclic) bond motifs is 1. The molecule has 5 nitrogen and oxygen atoms in total. The van der Waals surface area contributed by atoms with Crippen LogP contribution in [0.1, 0.15) is 22.5 Å². The van der Waals surface area contributed by atoms with Crippen molar-refractivity contribution in [2.45, 2.75) is 4.90 Å². The van der Waals surface area contributed by atoms with E-state index in [1.807, 2.05) is 42.6 Å². The average Bonchev–Trinajstić information content (AvgIpc) is 3.33. The Morgan fingerprint density at radius 2 is 1.61 bits per heavy atom. The third-order valence-corrected chi connectivity index (χ3v) is 5.54. The van der Waals surface area contributed by atoms with Crippen LogP contribution in [0.25, 0.3) is 35.2 Å². The van der Waals surface area contributed by atoms with Crippen LogP contribution in [-0.2, 0) is 9.84 Å². The second kappa shape index (κ2) is 7.32. The van der Waals surface area contributed by atoms with Crippen LogP contribution in [0.2, 0.25) is 0 Å². The minimum Gasteiger partial charge on any atom is -0.361 e. The van der Waals surface area contributed by atoms with Gasteiger partial charge in [0, 0.05) is 18.0 Å². The minimum atomic E-state index is -3.17. The molecule has 0 bridgehead atoms. The molecule has 140 valence electrons. The lowest BCUT2D eigenvalue weighted by Crippen LogP contribution is -1.95. The van der Waals surface area contributed by atoms with Gasteiger partial charge in [-0.25, -0.2) is 8.42 Å². The smallest absolute Gasteiger partial charge is 0.175 e. The van der Waals surface area contributed by atoms with Gasteiger partial charge in [0.2, 0.25) is 0 Å². The molecule has 4 aromatic rings. The summed E-state index contributed by atoms with van der Waals surface area (Å²) in [4.78, 5) is 3.52. The van der Waals surface area contributed by atoms with Crippen molar-refractivity contribution in [1.82, 2.24) is 15.2 Å². The van der Waals surface area contributed by atoms with E-state index in [1.54, 1.807) is 24.3 Å². The molecule has 0 spiro atoms. The summed E-state index contributed by atoms with van der Waals surface area (Å²) in [7, 11) is -3.17. The zero-order valence-corrected chi connectivity index (χ0v) is 16.1. The number of nitrogens with zero attached hydrogens (tertiary/aromatic N) is 1. The molecule has 0 saturated heterocycles. The Morgan fingerprint density at radius 1 is 0.857 bits per heavy atom. The first-order valence-electron chi connectivity index (χ1n) is 8.76. The standard InChI is InChI=1S/C22H19N3O2S/c1-28(26,27)21-10-5-16(6-11-21)3-8-19-15-20(25-24-19)9-4-17-2-7-18-12-13-23-22(18)14-17/h2-15,23H,1H3,(H,24,25)/b8-3+,9-4+. The highest BCUT2D eigenvalue weighted by atomic mass is 32.2. The van der Waals surface area contributed by atoms with Crippen molar-refractivity contribution < 1.29 is 8.42 Å². The average molecular weight is 389 g/mol. The number of H-pyrrole nitrogens is 2. The lowest BCUT2D eigenvalue weighted by molar-refractivity contribution is 0.602. The maximum Gasteiger partial charge on any atom is 0.175 e. The SMILES string of the molecule is CS(=O)(=O)c1ccc(/C=C/c2cc(/C=C/c3ccc4cc[nH]c4c3)n[nH]2)cc1. The van der Waals surface area contributed by atoms with Gasteiger partial charge in [-0.05, 0) is 59.0 Å². The first kappa shape index (κ1) is 18.0. The van der Waals surface area contributed by atoms with E-state index < -0.39 is 9.84 Å². The van der Waals surface area contributed by atoms with Crippen LogP contribution in [0.15, 0.2) is 65.7 Å². The fraction of sp³-hybridized carbons (Fsp3) is 0.0455. The van der Waals surface area contributed by atoms with E-state index in [0.29, 0.717) is 4.90 Å². The van der Waals surface area contributed by atoms with Gasteiger partial charge in [0.1, 0.15) is 0 Å². The second-order valence-electron chi connectivity index (χ2n) is 6.58. The van der Waals surface area contributed by atoms with Crippen molar-refractivity contribution in [1.29, 1.82) is 0 Å². The summed E-state index contributed by atoms with van der Waals surface area (Å²) in [5.41, 5.74) is 4.82. The van der Waals surface area contributed by atoms with Gasteiger partial charge in [0.05, 0.1) is 16.3 Å². The van der Waals surface area contributed by atoms with Crippen molar-refractivity contribution in [3.05, 3.63) is 83.3 Å². The number of hydrogen-bond donors (Lipinski definition) is 2. The van der Waals surface area contributed by atoms with E-state index in [4.69, 9.17) is 0 Å². The molecule has 2 N–H and O–H groups in total. The van der Waals surface area contributed by atoms with Gasteiger partial charge in [-0.15, -0.1) is 0 Å². The molecule has 0 fully saturated rings. The van der Waals surface area contributed by atoms with Crippen molar-refractivity contribution in [3.8, 4) is 0 Å². The molecule has 2 aromatic carbocycles. The maximum absolute atomic E-state index is 11.5. The number of aromatic nitrogens is 3. The molecule has 0 aliphatic rings. The molecule has 2 aromatic heterocycles. The van der Waals surface area contributed by atoms with Gasteiger partial charge in [0.15, 0.2) is 9.84 Å². The molecule has 28 heavy (non-hydrogen) atoms. The summed E-state index contributed by atoms with van der Waals surface area (Å²) in [6, 6.07) is 17.0. The third-order valence-electron chi connectivity index (χ3n) is 4.41. The largest absolute Gasteiger partial charge is 0.361 e. The van der Waals surface area contributed by atoms with Crippen LogP contribution in [0.5, 0.6) is 0 Å². The van der Waals surface area contributed by atoms with E-state index in [1.165, 1.54) is 11.6 Å². The molecule has 6 heteroatoms. The monoisotopic (exact) mass is 389 g/mol. The van der Waals surface area contributed by atoms with Crippen LogP contribution < -0.4 is 0 Å². The minimum absolute atomic E-state index is 0.316. The molecular weight excluding hydrogens is 370 g/mol. The van der Waals surface area contributed by atoms with Gasteiger partial charge in [-0.3, -0.25) is 5.10 Å². The third kappa shape index (κ3) is 4.13. The Labute approximate surface area is 163 Å². The number of rotatable bonds is 5. The topological polar surface area (TPSA) is 78.6 Å². The Kier molecular flexibility index (Phi) is 4.71. The van der Waals surface area contributed by atoms with E-state index >= 15 is 0 Å². The molecule has 0 saturated carbocycles. The molecule has 0 unspecified atom stereocenters. The molecule has 0 amide bonds. The Bertz CT molecular complexity index is 1280. The zero-order chi connectivity index (χ0) is 19.6. The van der Waals surface area contributed by atoms with E-state index in [0.717, 1.165) is 28.0 Å². The molecule has 4 rings (SSSR count). The number of hydrogen-bond acceptors (Lipinski definition) is 3. The van der Waals surface area contributed by atoms with Crippen LogP contribution in [0.3, 0.4) is 0 Å². The number of aromatic amines is 2. The first-order valence-corrected chi connectivity index (χ1v) is 10.7. The van der Waals surface area contributed by atoms with E-state index in [-0.39, 0.29) is 0 Å². The summed E-state index contributed by atoms with van der Waals surface area (Å²) in [6.45, 7) is 0. The van der Waals surface area contributed by atoms with E-state index in [2.05, 4.69) is 33.4 Å². The van der Waals surface area contributed by atoms with Crippen LogP contribution in [0, 0.1) is 0 Å². The maximum atomic E-state index is 11.5. The van der Waals surface area contributed by atoms with Crippen molar-refractivity contribution >= 4 is 45.0 Å². The summed E-state index contributed by atoms with van der Waals surface area (Å²) >= 11 is 0. The van der Waals surface area contributed by atoms with Crippen molar-refractivity contribution in [2.24, 2.45) is 0 Å².